The largest absolute Gasteiger partial charge is 0.326 e. The number of nitrogens with zero attached hydrogens (tertiary/aromatic N) is 1. The van der Waals surface area contributed by atoms with Gasteiger partial charge in [0.2, 0.25) is 0 Å². The van der Waals surface area contributed by atoms with Crippen molar-refractivity contribution in [3.8, 4) is 0 Å². The highest BCUT2D eigenvalue weighted by atomic mass is 32.2. The van der Waals surface area contributed by atoms with E-state index in [-0.39, 0.29) is 12.4 Å². The van der Waals surface area contributed by atoms with E-state index in [1.54, 1.807) is 6.07 Å². The fourth-order valence-corrected chi connectivity index (χ4v) is 2.56. The van der Waals surface area contributed by atoms with Gasteiger partial charge < -0.3 is 5.73 Å². The predicted molar refractivity (Wildman–Crippen MR) is 69.3 cm³/mol. The van der Waals surface area contributed by atoms with Crippen molar-refractivity contribution in [2.24, 2.45) is 5.73 Å². The molecule has 0 bridgehead atoms. The maximum atomic E-state index is 13.5. The Bertz CT molecular complexity index is 718. The van der Waals surface area contributed by atoms with Crippen LogP contribution in [0.15, 0.2) is 41.4 Å². The summed E-state index contributed by atoms with van der Waals surface area (Å²) in [4.78, 5) is 3.19. The zero-order valence-corrected chi connectivity index (χ0v) is 11.0. The van der Waals surface area contributed by atoms with E-state index in [9.17, 15) is 17.2 Å². The third-order valence-corrected chi connectivity index (χ3v) is 3.87. The molecular formula is C12H11F2N3O2S. The highest BCUT2D eigenvalue weighted by Crippen LogP contribution is 2.18. The van der Waals surface area contributed by atoms with Crippen LogP contribution in [0.1, 0.15) is 5.56 Å². The quantitative estimate of drug-likeness (QED) is 0.898. The Morgan fingerprint density at radius 3 is 2.50 bits per heavy atom. The van der Waals surface area contributed by atoms with Crippen molar-refractivity contribution in [2.45, 2.75) is 11.4 Å². The normalized spacial score (nSPS) is 11.3. The maximum absolute atomic E-state index is 13.5. The summed E-state index contributed by atoms with van der Waals surface area (Å²) in [7, 11) is -4.17. The molecule has 0 spiro atoms. The van der Waals surface area contributed by atoms with Crippen LogP contribution in [0, 0.1) is 11.6 Å². The van der Waals surface area contributed by atoms with Crippen molar-refractivity contribution in [1.29, 1.82) is 0 Å². The van der Waals surface area contributed by atoms with Crippen molar-refractivity contribution in [3.05, 3.63) is 53.7 Å². The molecule has 8 heteroatoms. The van der Waals surface area contributed by atoms with Gasteiger partial charge in [-0.3, -0.25) is 4.72 Å². The average molecular weight is 299 g/mol. The highest BCUT2D eigenvalue weighted by Gasteiger charge is 2.20. The summed E-state index contributed by atoms with van der Waals surface area (Å²) in [5, 5.41) is 0. The van der Waals surface area contributed by atoms with E-state index < -0.39 is 26.6 Å². The number of halogens is 2. The van der Waals surface area contributed by atoms with E-state index >= 15 is 0 Å². The van der Waals surface area contributed by atoms with E-state index in [1.165, 1.54) is 12.3 Å². The minimum Gasteiger partial charge on any atom is -0.326 e. The number of sulfonamides is 1. The third kappa shape index (κ3) is 3.09. The number of hydrogen-bond acceptors (Lipinski definition) is 4. The smallest absolute Gasteiger partial charge is 0.265 e. The lowest BCUT2D eigenvalue weighted by molar-refractivity contribution is 0.551. The number of nitrogens with two attached hydrogens (primary N) is 1. The Morgan fingerprint density at radius 1 is 1.20 bits per heavy atom. The fourth-order valence-electron chi connectivity index (χ4n) is 1.49. The van der Waals surface area contributed by atoms with Crippen LogP contribution < -0.4 is 10.5 Å². The molecule has 2 rings (SSSR count). The summed E-state index contributed by atoms with van der Waals surface area (Å²) < 4.78 is 52.2. The van der Waals surface area contributed by atoms with Crippen LogP contribution in [0.4, 0.5) is 14.6 Å². The SMILES string of the molecule is NCc1ccc(NS(=O)(=O)c2ccc(F)cc2F)nc1. The molecule has 1 aromatic heterocycles. The monoisotopic (exact) mass is 299 g/mol. The molecule has 0 radical (unpaired) electrons. The Labute approximate surface area is 114 Å². The van der Waals surface area contributed by atoms with Crippen LogP contribution in [0.3, 0.4) is 0 Å². The van der Waals surface area contributed by atoms with Crippen molar-refractivity contribution in [3.63, 3.8) is 0 Å². The van der Waals surface area contributed by atoms with Crippen LogP contribution in [0.2, 0.25) is 0 Å². The van der Waals surface area contributed by atoms with Crippen LogP contribution in [0.5, 0.6) is 0 Å². The number of hydrogen-bond donors (Lipinski definition) is 2. The molecule has 1 heterocycles. The highest BCUT2D eigenvalue weighted by molar-refractivity contribution is 7.92. The van der Waals surface area contributed by atoms with Gasteiger partial charge in [-0.2, -0.15) is 0 Å². The molecule has 0 saturated carbocycles. The van der Waals surface area contributed by atoms with Crippen LogP contribution >= 0.6 is 0 Å². The molecule has 0 unspecified atom stereocenters. The summed E-state index contributed by atoms with van der Waals surface area (Å²) >= 11 is 0. The van der Waals surface area contributed by atoms with Crippen molar-refractivity contribution in [2.75, 3.05) is 4.72 Å². The van der Waals surface area contributed by atoms with Gasteiger partial charge >= 0.3 is 0 Å². The topological polar surface area (TPSA) is 85.1 Å². The predicted octanol–water partition coefficient (Wildman–Crippen LogP) is 1.62. The molecule has 3 N–H and O–H groups in total. The molecule has 5 nitrogen and oxygen atoms in total. The molecule has 106 valence electrons. The van der Waals surface area contributed by atoms with Crippen molar-refractivity contribution in [1.82, 2.24) is 4.98 Å². The molecule has 2 aromatic rings. The van der Waals surface area contributed by atoms with Gasteiger partial charge in [-0.05, 0) is 23.8 Å². The second kappa shape index (κ2) is 5.51. The molecule has 1 aromatic carbocycles. The van der Waals surface area contributed by atoms with E-state index in [0.29, 0.717) is 6.07 Å². The van der Waals surface area contributed by atoms with Gasteiger partial charge in [0.05, 0.1) is 0 Å². The molecular weight excluding hydrogens is 288 g/mol. The van der Waals surface area contributed by atoms with Crippen molar-refractivity contribution < 1.29 is 17.2 Å². The molecule has 0 aliphatic carbocycles. The first-order chi connectivity index (χ1) is 9.42. The van der Waals surface area contributed by atoms with Gasteiger partial charge in [0.25, 0.3) is 10.0 Å². The number of rotatable bonds is 4. The van der Waals surface area contributed by atoms with E-state index in [2.05, 4.69) is 9.71 Å². The third-order valence-electron chi connectivity index (χ3n) is 2.48. The molecule has 0 aliphatic rings. The Kier molecular flexibility index (Phi) is 3.96. The molecule has 0 saturated heterocycles. The van der Waals surface area contributed by atoms with Crippen LogP contribution in [0.25, 0.3) is 0 Å². The first-order valence-corrected chi connectivity index (χ1v) is 7.03. The summed E-state index contributed by atoms with van der Waals surface area (Å²) in [5.74, 6) is -2.01. The summed E-state index contributed by atoms with van der Waals surface area (Å²) in [5.41, 5.74) is 6.11. The van der Waals surface area contributed by atoms with E-state index in [4.69, 9.17) is 5.73 Å². The number of anilines is 1. The first kappa shape index (κ1) is 14.4. The van der Waals surface area contributed by atoms with Gasteiger partial charge in [0.1, 0.15) is 22.3 Å². The molecule has 0 fully saturated rings. The summed E-state index contributed by atoms with van der Waals surface area (Å²) in [6.07, 6.45) is 1.40. The molecule has 0 aliphatic heterocycles. The minimum atomic E-state index is -4.17. The van der Waals surface area contributed by atoms with Gasteiger partial charge in [-0.15, -0.1) is 0 Å². The standard InChI is InChI=1S/C12H11F2N3O2S/c13-9-2-3-11(10(14)5-9)20(18,19)17-12-4-1-8(6-15)7-16-12/h1-5,7H,6,15H2,(H,16,17). The van der Waals surface area contributed by atoms with Crippen LogP contribution in [-0.2, 0) is 16.6 Å². The lowest BCUT2D eigenvalue weighted by Crippen LogP contribution is -2.15. The van der Waals surface area contributed by atoms with Gasteiger partial charge in [-0.25, -0.2) is 22.2 Å². The fraction of sp³-hybridized carbons (Fsp3) is 0.0833. The average Bonchev–Trinajstić information content (AvgIpc) is 2.38. The summed E-state index contributed by atoms with van der Waals surface area (Å²) in [6, 6.07) is 5.20. The second-order valence-electron chi connectivity index (χ2n) is 3.94. The first-order valence-electron chi connectivity index (χ1n) is 5.55. The zero-order chi connectivity index (χ0) is 14.8. The van der Waals surface area contributed by atoms with Gasteiger partial charge in [0.15, 0.2) is 0 Å². The number of aromatic nitrogens is 1. The lowest BCUT2D eigenvalue weighted by Gasteiger charge is -2.08. The van der Waals surface area contributed by atoms with Gasteiger partial charge in [0, 0.05) is 18.8 Å². The van der Waals surface area contributed by atoms with E-state index in [1.807, 2.05) is 0 Å². The number of nitrogens with one attached hydrogen (secondary N) is 1. The Hall–Kier alpha value is -2.06. The lowest BCUT2D eigenvalue weighted by atomic mass is 10.3. The molecule has 20 heavy (non-hydrogen) atoms. The Morgan fingerprint density at radius 2 is 1.95 bits per heavy atom. The second-order valence-corrected chi connectivity index (χ2v) is 5.59. The Balaban J connectivity index is 2.30. The summed E-state index contributed by atoms with van der Waals surface area (Å²) in [6.45, 7) is 0.270. The van der Waals surface area contributed by atoms with Crippen molar-refractivity contribution >= 4 is 15.8 Å². The maximum Gasteiger partial charge on any atom is 0.265 e. The zero-order valence-electron chi connectivity index (χ0n) is 10.2. The van der Waals surface area contributed by atoms with E-state index in [0.717, 1.165) is 17.7 Å². The van der Waals surface area contributed by atoms with Gasteiger partial charge in [-0.1, -0.05) is 6.07 Å². The van der Waals surface area contributed by atoms with Crippen LogP contribution in [-0.4, -0.2) is 13.4 Å². The molecule has 0 amide bonds. The minimum absolute atomic E-state index is 0.0194. The number of pyridine rings is 1. The molecule has 0 atom stereocenters. The number of benzene rings is 1.